The van der Waals surface area contributed by atoms with Gasteiger partial charge in [0.25, 0.3) is 15.9 Å². The van der Waals surface area contributed by atoms with E-state index in [2.05, 4.69) is 85.5 Å². The molecule has 0 saturated carbocycles. The number of nitrogens with zero attached hydrogens (tertiary/aromatic N) is 5. The highest BCUT2D eigenvalue weighted by atomic mass is 32.2. The molecule has 1 fully saturated rings. The van der Waals surface area contributed by atoms with E-state index in [0.717, 1.165) is 42.9 Å². The zero-order valence-electron chi connectivity index (χ0n) is 29.6. The molecule has 48 heavy (non-hydrogen) atoms. The molecule has 1 unspecified atom stereocenters. The molecule has 4 bridgehead atoms. The molecular formula is C36H51N7O4S. The first kappa shape index (κ1) is 35.5. The van der Waals surface area contributed by atoms with Gasteiger partial charge in [0.05, 0.1) is 17.4 Å². The first-order chi connectivity index (χ1) is 22.6. The zero-order valence-corrected chi connectivity index (χ0v) is 30.4. The summed E-state index contributed by atoms with van der Waals surface area (Å²) in [7, 11) is -0.521. The van der Waals surface area contributed by atoms with Crippen LogP contribution in [0.15, 0.2) is 53.7 Å². The minimum Gasteiger partial charge on any atom is -0.385 e. The maximum atomic E-state index is 13.7. The lowest BCUT2D eigenvalue weighted by atomic mass is 9.83. The van der Waals surface area contributed by atoms with Crippen LogP contribution in [0.1, 0.15) is 82.6 Å². The minimum atomic E-state index is -4.28. The summed E-state index contributed by atoms with van der Waals surface area (Å²) in [4.78, 5) is 32.4. The lowest BCUT2D eigenvalue weighted by Crippen LogP contribution is -2.41. The van der Waals surface area contributed by atoms with Gasteiger partial charge in [-0.05, 0) is 81.3 Å². The number of methoxy groups -OCH3 is 1. The molecule has 5 rings (SSSR count). The Hall–Kier alpha value is -3.77. The van der Waals surface area contributed by atoms with Gasteiger partial charge >= 0.3 is 0 Å². The fourth-order valence-electron chi connectivity index (χ4n) is 6.81. The molecule has 2 aliphatic rings. The van der Waals surface area contributed by atoms with E-state index in [4.69, 9.17) is 14.7 Å². The Morgan fingerprint density at radius 2 is 1.88 bits per heavy atom. The van der Waals surface area contributed by atoms with E-state index in [1.807, 2.05) is 12.3 Å². The predicted molar refractivity (Wildman–Crippen MR) is 190 cm³/mol. The second-order valence-corrected chi connectivity index (χ2v) is 16.7. The molecule has 3 atom stereocenters. The molecule has 3 aromatic rings. The summed E-state index contributed by atoms with van der Waals surface area (Å²) in [6, 6.07) is 12.4. The Morgan fingerprint density at radius 3 is 2.56 bits per heavy atom. The fourth-order valence-corrected chi connectivity index (χ4v) is 7.74. The van der Waals surface area contributed by atoms with Crippen LogP contribution in [0.3, 0.4) is 0 Å². The third-order valence-electron chi connectivity index (χ3n) is 9.64. The summed E-state index contributed by atoms with van der Waals surface area (Å²) in [6.07, 6.45) is 5.18. The summed E-state index contributed by atoms with van der Waals surface area (Å²) in [5.74, 6) is 0.814. The number of carbonyl (C=O) groups is 1. The van der Waals surface area contributed by atoms with Crippen LogP contribution in [0.5, 0.6) is 0 Å². The van der Waals surface area contributed by atoms with Gasteiger partial charge in [-0.1, -0.05) is 33.8 Å². The molecule has 0 radical (unpaired) electrons. The number of anilines is 3. The molecular weight excluding hydrogens is 627 g/mol. The Balaban J connectivity index is 1.51. The van der Waals surface area contributed by atoms with Gasteiger partial charge in [-0.15, -0.1) is 0 Å². The van der Waals surface area contributed by atoms with Crippen LogP contribution in [-0.2, 0) is 26.6 Å². The Bertz CT molecular complexity index is 1710. The molecule has 3 aromatic heterocycles. The van der Waals surface area contributed by atoms with E-state index in [-0.39, 0.29) is 33.5 Å². The summed E-state index contributed by atoms with van der Waals surface area (Å²) < 4.78 is 34.6. The average molecular weight is 678 g/mol. The van der Waals surface area contributed by atoms with Crippen molar-refractivity contribution in [1.29, 1.82) is 0 Å². The zero-order chi connectivity index (χ0) is 34.9. The van der Waals surface area contributed by atoms with Crippen molar-refractivity contribution in [3.05, 3.63) is 65.6 Å². The van der Waals surface area contributed by atoms with Crippen molar-refractivity contribution in [2.75, 3.05) is 49.0 Å². The van der Waals surface area contributed by atoms with Gasteiger partial charge in [0, 0.05) is 68.7 Å². The van der Waals surface area contributed by atoms with Gasteiger partial charge in [0.2, 0.25) is 0 Å². The number of fused-ring (bicyclic) bond motifs is 6. The highest BCUT2D eigenvalue weighted by Gasteiger charge is 2.43. The van der Waals surface area contributed by atoms with Gasteiger partial charge in [0.1, 0.15) is 11.6 Å². The molecule has 2 aliphatic heterocycles. The number of nitrogens with one attached hydrogen (secondary N) is 2. The summed E-state index contributed by atoms with van der Waals surface area (Å²) >= 11 is 0. The fraction of sp³-hybridized carbons (Fsp3) is 0.556. The van der Waals surface area contributed by atoms with Crippen molar-refractivity contribution < 1.29 is 17.9 Å². The van der Waals surface area contributed by atoms with E-state index in [1.165, 1.54) is 6.07 Å². The van der Waals surface area contributed by atoms with Crippen LogP contribution in [0, 0.1) is 11.8 Å². The number of amides is 1. The van der Waals surface area contributed by atoms with Crippen LogP contribution in [0.4, 0.5) is 17.3 Å². The van der Waals surface area contributed by atoms with Gasteiger partial charge < -0.3 is 19.9 Å². The number of pyridine rings is 3. The van der Waals surface area contributed by atoms with Crippen LogP contribution in [0.25, 0.3) is 0 Å². The minimum absolute atomic E-state index is 0.0713. The van der Waals surface area contributed by atoms with Gasteiger partial charge in [-0.25, -0.2) is 14.7 Å². The number of hydrogen-bond acceptors (Lipinski definition) is 10. The largest absolute Gasteiger partial charge is 0.385 e. The smallest absolute Gasteiger partial charge is 0.281 e. The first-order valence-electron chi connectivity index (χ1n) is 16.8. The summed E-state index contributed by atoms with van der Waals surface area (Å²) in [5, 5.41) is 3.30. The second kappa shape index (κ2) is 14.0. The van der Waals surface area contributed by atoms with Crippen molar-refractivity contribution in [2.45, 2.75) is 89.2 Å². The quantitative estimate of drug-likeness (QED) is 0.313. The normalized spacial score (nSPS) is 22.1. The Morgan fingerprint density at radius 1 is 1.10 bits per heavy atom. The monoisotopic (exact) mass is 677 g/mol. The molecule has 0 spiro atoms. The van der Waals surface area contributed by atoms with Crippen LogP contribution in [0.2, 0.25) is 0 Å². The third kappa shape index (κ3) is 8.08. The van der Waals surface area contributed by atoms with E-state index in [1.54, 1.807) is 25.3 Å². The van der Waals surface area contributed by atoms with Crippen molar-refractivity contribution in [2.24, 2.45) is 11.8 Å². The molecule has 11 nitrogen and oxygen atoms in total. The third-order valence-corrected chi connectivity index (χ3v) is 10.9. The highest BCUT2D eigenvalue weighted by Crippen LogP contribution is 2.42. The van der Waals surface area contributed by atoms with Crippen molar-refractivity contribution in [1.82, 2.24) is 19.7 Å². The molecule has 2 N–H and O–H groups in total. The lowest BCUT2D eigenvalue weighted by Gasteiger charge is -2.34. The molecule has 260 valence electrons. The van der Waals surface area contributed by atoms with E-state index >= 15 is 0 Å². The van der Waals surface area contributed by atoms with Gasteiger partial charge in [-0.3, -0.25) is 9.78 Å². The van der Waals surface area contributed by atoms with Crippen molar-refractivity contribution >= 4 is 33.3 Å². The van der Waals surface area contributed by atoms with Crippen LogP contribution < -0.4 is 19.8 Å². The van der Waals surface area contributed by atoms with Gasteiger partial charge in [-0.2, -0.15) is 8.42 Å². The maximum absolute atomic E-state index is 13.7. The van der Waals surface area contributed by atoms with E-state index in [0.29, 0.717) is 37.1 Å². The predicted octanol–water partition coefficient (Wildman–Crippen LogP) is 5.43. The Kier molecular flexibility index (Phi) is 10.4. The highest BCUT2D eigenvalue weighted by molar-refractivity contribution is 7.90. The molecule has 1 saturated heterocycles. The number of hydrogen-bond donors (Lipinski definition) is 2. The SMILES string of the molecule is COCCCN(C)c1ccc(CC2C[C@H](C)[C@@H]3CN(c4nc(C(C)(C)C)ccc4C(=O)NS(=O)(=O)c4cccc(n4)N2)C(C)(C)C3)nc1. The number of aromatic nitrogens is 3. The molecule has 0 aliphatic carbocycles. The first-order valence-corrected chi connectivity index (χ1v) is 18.3. The number of carbonyl (C=O) groups excluding carboxylic acids is 1. The molecule has 12 heteroatoms. The van der Waals surface area contributed by atoms with E-state index < -0.39 is 15.9 Å². The number of rotatable bonds is 7. The van der Waals surface area contributed by atoms with Crippen LogP contribution >= 0.6 is 0 Å². The van der Waals surface area contributed by atoms with Crippen molar-refractivity contribution in [3.8, 4) is 0 Å². The van der Waals surface area contributed by atoms with Gasteiger partial charge in [0.15, 0.2) is 5.03 Å². The maximum Gasteiger partial charge on any atom is 0.281 e. The number of ether oxygens (including phenoxy) is 1. The second-order valence-electron chi connectivity index (χ2n) is 15.0. The average Bonchev–Trinajstić information content (AvgIpc) is 3.35. The standard InChI is InChI=1S/C36H51N7O4S/c1-24-19-27(20-26-13-14-28(22-37-26)42(7)17-10-18-47-8)38-31-11-9-12-32(40-31)48(45,46)41-34(44)29-15-16-30(35(2,3)4)39-33(29)43-23-25(24)21-36(43,5)6/h9,11-16,22,24-25,27H,10,17-21,23H2,1-8H3,(H,38,40)(H,41,44)/t24-,25-,27?/m0/s1. The molecule has 1 amide bonds. The lowest BCUT2D eigenvalue weighted by molar-refractivity contribution is 0.0981. The molecule has 5 heterocycles. The van der Waals surface area contributed by atoms with Crippen molar-refractivity contribution in [3.63, 3.8) is 0 Å². The number of sulfonamides is 1. The summed E-state index contributed by atoms with van der Waals surface area (Å²) in [6.45, 7) is 15.1. The van der Waals surface area contributed by atoms with Crippen LogP contribution in [-0.4, -0.2) is 74.7 Å². The summed E-state index contributed by atoms with van der Waals surface area (Å²) in [5.41, 5.74) is 2.46. The topological polar surface area (TPSA) is 130 Å². The molecule has 0 aromatic carbocycles. The Labute approximate surface area is 286 Å². The van der Waals surface area contributed by atoms with E-state index in [9.17, 15) is 13.2 Å².